The lowest BCUT2D eigenvalue weighted by Gasteiger charge is -2.33. The molecule has 1 heterocycles. The lowest BCUT2D eigenvalue weighted by Crippen LogP contribution is -2.34. The fourth-order valence-electron chi connectivity index (χ4n) is 3.24. The van der Waals surface area contributed by atoms with Crippen LogP contribution in [0.2, 0.25) is 0 Å². The lowest BCUT2D eigenvalue weighted by molar-refractivity contribution is -0.121. The minimum atomic E-state index is -0.220. The maximum Gasteiger partial charge on any atom is 0.210 e. The molecular weight excluding hydrogens is 255 g/mol. The lowest BCUT2D eigenvalue weighted by atomic mass is 9.88. The summed E-state index contributed by atoms with van der Waals surface area (Å²) in [6, 6.07) is 4.93. The molecule has 0 aromatic heterocycles. The molecule has 4 heteroatoms. The second kappa shape index (κ2) is 6.35. The van der Waals surface area contributed by atoms with Gasteiger partial charge in [-0.05, 0) is 63.0 Å². The minimum absolute atomic E-state index is 0.0445. The van der Waals surface area contributed by atoms with Crippen LogP contribution >= 0.6 is 0 Å². The number of halogens is 1. The highest BCUT2D eigenvalue weighted by Gasteiger charge is 2.33. The van der Waals surface area contributed by atoms with Gasteiger partial charge in [-0.2, -0.15) is 0 Å². The highest BCUT2D eigenvalue weighted by atomic mass is 19.1. The molecule has 3 nitrogen and oxygen atoms in total. The van der Waals surface area contributed by atoms with Crippen LogP contribution in [0.3, 0.4) is 0 Å². The van der Waals surface area contributed by atoms with Gasteiger partial charge in [0.15, 0.2) is 0 Å². The third-order valence-electron chi connectivity index (χ3n) is 4.28. The summed E-state index contributed by atoms with van der Waals surface area (Å²) in [6.07, 6.45) is 1.99. The Morgan fingerprint density at radius 1 is 1.55 bits per heavy atom. The van der Waals surface area contributed by atoms with Crippen molar-refractivity contribution in [1.82, 2.24) is 9.80 Å². The Labute approximate surface area is 120 Å². The van der Waals surface area contributed by atoms with E-state index in [1.165, 1.54) is 6.07 Å². The van der Waals surface area contributed by atoms with Crippen molar-refractivity contribution in [2.75, 3.05) is 26.7 Å². The summed E-state index contributed by atoms with van der Waals surface area (Å²) < 4.78 is 13.3. The molecule has 1 amide bonds. The highest BCUT2D eigenvalue weighted by molar-refractivity contribution is 5.49. The van der Waals surface area contributed by atoms with E-state index >= 15 is 0 Å². The van der Waals surface area contributed by atoms with E-state index in [4.69, 9.17) is 0 Å². The zero-order valence-electron chi connectivity index (χ0n) is 12.5. The number of benzene rings is 1. The van der Waals surface area contributed by atoms with Gasteiger partial charge in [0, 0.05) is 13.1 Å². The number of hydrogen-bond acceptors (Lipinski definition) is 2. The van der Waals surface area contributed by atoms with Crippen molar-refractivity contribution in [2.24, 2.45) is 5.92 Å². The number of carbonyl (C=O) groups excluding carboxylic acids is 1. The summed E-state index contributed by atoms with van der Waals surface area (Å²) in [4.78, 5) is 15.5. The van der Waals surface area contributed by atoms with E-state index in [-0.39, 0.29) is 11.9 Å². The fraction of sp³-hybridized carbons (Fsp3) is 0.562. The number of amides is 1. The van der Waals surface area contributed by atoms with Gasteiger partial charge in [0.25, 0.3) is 0 Å². The van der Waals surface area contributed by atoms with E-state index in [1.54, 1.807) is 6.07 Å². The molecule has 2 atom stereocenters. The fourth-order valence-corrected chi connectivity index (χ4v) is 3.24. The van der Waals surface area contributed by atoms with E-state index in [1.807, 2.05) is 24.8 Å². The zero-order chi connectivity index (χ0) is 14.7. The minimum Gasteiger partial charge on any atom is -0.338 e. The van der Waals surface area contributed by atoms with Crippen LogP contribution < -0.4 is 0 Å². The SMILES string of the molecule is CCN(C=O)[C@@H](c1ccc(F)cc1C)C1CCN(C)C1. The first-order chi connectivity index (χ1) is 9.56. The molecule has 20 heavy (non-hydrogen) atoms. The normalized spacial score (nSPS) is 20.9. The van der Waals surface area contributed by atoms with Gasteiger partial charge in [-0.15, -0.1) is 0 Å². The average molecular weight is 278 g/mol. The molecule has 0 aliphatic carbocycles. The van der Waals surface area contributed by atoms with E-state index < -0.39 is 0 Å². The second-order valence-corrected chi connectivity index (χ2v) is 5.69. The second-order valence-electron chi connectivity index (χ2n) is 5.69. The van der Waals surface area contributed by atoms with Gasteiger partial charge in [0.05, 0.1) is 6.04 Å². The van der Waals surface area contributed by atoms with Gasteiger partial charge in [0.2, 0.25) is 6.41 Å². The van der Waals surface area contributed by atoms with Crippen molar-refractivity contribution in [2.45, 2.75) is 26.3 Å². The van der Waals surface area contributed by atoms with Crippen LogP contribution in [-0.4, -0.2) is 42.9 Å². The summed E-state index contributed by atoms with van der Waals surface area (Å²) in [7, 11) is 2.10. The summed E-state index contributed by atoms with van der Waals surface area (Å²) >= 11 is 0. The number of aryl methyl sites for hydroxylation is 1. The van der Waals surface area contributed by atoms with Gasteiger partial charge in [-0.1, -0.05) is 6.07 Å². The molecule has 2 rings (SSSR count). The molecule has 0 saturated carbocycles. The summed E-state index contributed by atoms with van der Waals surface area (Å²) in [5, 5.41) is 0. The maximum atomic E-state index is 13.3. The highest BCUT2D eigenvalue weighted by Crippen LogP contribution is 2.35. The molecule has 1 aromatic carbocycles. The van der Waals surface area contributed by atoms with E-state index in [0.29, 0.717) is 12.5 Å². The van der Waals surface area contributed by atoms with Crippen LogP contribution in [0.5, 0.6) is 0 Å². The van der Waals surface area contributed by atoms with E-state index in [9.17, 15) is 9.18 Å². The smallest absolute Gasteiger partial charge is 0.210 e. The summed E-state index contributed by atoms with van der Waals surface area (Å²) in [5.74, 6) is 0.192. The Morgan fingerprint density at radius 2 is 2.30 bits per heavy atom. The van der Waals surface area contributed by atoms with Crippen LogP contribution in [0.4, 0.5) is 4.39 Å². The largest absolute Gasteiger partial charge is 0.338 e. The third-order valence-corrected chi connectivity index (χ3v) is 4.28. The van der Waals surface area contributed by atoms with E-state index in [0.717, 1.165) is 37.0 Å². The number of rotatable bonds is 5. The van der Waals surface area contributed by atoms with Crippen molar-refractivity contribution in [3.8, 4) is 0 Å². The van der Waals surface area contributed by atoms with Gasteiger partial charge >= 0.3 is 0 Å². The van der Waals surface area contributed by atoms with Crippen LogP contribution in [-0.2, 0) is 4.79 Å². The standard InChI is InChI=1S/C16H23FN2O/c1-4-19(11-20)16(13-7-8-18(3)10-13)15-6-5-14(17)9-12(15)2/h5-6,9,11,13,16H,4,7-8,10H2,1-3H3/t13?,16-/m1/s1. The molecule has 0 bridgehead atoms. The Hall–Kier alpha value is -1.42. The molecule has 0 radical (unpaired) electrons. The number of hydrogen-bond donors (Lipinski definition) is 0. The predicted octanol–water partition coefficient (Wildman–Crippen LogP) is 2.61. The van der Waals surface area contributed by atoms with Crippen LogP contribution in [0, 0.1) is 18.7 Å². The Bertz CT molecular complexity index is 478. The first kappa shape index (κ1) is 15.0. The molecule has 1 fully saturated rings. The number of likely N-dealkylation sites (tertiary alicyclic amines) is 1. The van der Waals surface area contributed by atoms with Crippen molar-refractivity contribution < 1.29 is 9.18 Å². The van der Waals surface area contributed by atoms with E-state index in [2.05, 4.69) is 11.9 Å². The third kappa shape index (κ3) is 3.01. The molecule has 1 unspecified atom stereocenters. The quantitative estimate of drug-likeness (QED) is 0.773. The van der Waals surface area contributed by atoms with Gasteiger partial charge in [-0.25, -0.2) is 4.39 Å². The maximum absolute atomic E-state index is 13.3. The topological polar surface area (TPSA) is 23.6 Å². The molecular formula is C16H23FN2O. The monoisotopic (exact) mass is 278 g/mol. The number of nitrogens with zero attached hydrogens (tertiary/aromatic N) is 2. The summed E-state index contributed by atoms with van der Waals surface area (Å²) in [6.45, 7) is 6.61. The number of carbonyl (C=O) groups is 1. The van der Waals surface area contributed by atoms with Gasteiger partial charge in [0.1, 0.15) is 5.82 Å². The van der Waals surface area contributed by atoms with Gasteiger partial charge < -0.3 is 9.80 Å². The summed E-state index contributed by atoms with van der Waals surface area (Å²) in [5.41, 5.74) is 1.99. The molecule has 1 aliphatic heterocycles. The average Bonchev–Trinajstić information content (AvgIpc) is 2.83. The van der Waals surface area contributed by atoms with Gasteiger partial charge in [-0.3, -0.25) is 4.79 Å². The molecule has 1 aliphatic rings. The van der Waals surface area contributed by atoms with Crippen LogP contribution in [0.25, 0.3) is 0 Å². The van der Waals surface area contributed by atoms with Crippen molar-refractivity contribution in [3.63, 3.8) is 0 Å². The molecule has 110 valence electrons. The Morgan fingerprint density at radius 3 is 2.80 bits per heavy atom. The first-order valence-corrected chi connectivity index (χ1v) is 7.22. The first-order valence-electron chi connectivity index (χ1n) is 7.22. The molecule has 1 saturated heterocycles. The van der Waals surface area contributed by atoms with Crippen molar-refractivity contribution >= 4 is 6.41 Å². The Balaban J connectivity index is 2.37. The van der Waals surface area contributed by atoms with Crippen LogP contribution in [0.1, 0.15) is 30.5 Å². The Kier molecular flexibility index (Phi) is 4.76. The zero-order valence-corrected chi connectivity index (χ0v) is 12.5. The predicted molar refractivity (Wildman–Crippen MR) is 77.9 cm³/mol. The van der Waals surface area contributed by atoms with Crippen molar-refractivity contribution in [3.05, 3.63) is 35.1 Å². The molecule has 1 aromatic rings. The van der Waals surface area contributed by atoms with Crippen LogP contribution in [0.15, 0.2) is 18.2 Å². The molecule has 0 N–H and O–H groups in total. The molecule has 0 spiro atoms. The van der Waals surface area contributed by atoms with Crippen molar-refractivity contribution in [1.29, 1.82) is 0 Å².